The first kappa shape index (κ1) is 22.6. The summed E-state index contributed by atoms with van der Waals surface area (Å²) < 4.78 is 22.8. The number of rotatable bonds is 7. The van der Waals surface area contributed by atoms with Crippen molar-refractivity contribution in [2.24, 2.45) is 0 Å². The number of fused-ring (bicyclic) bond motifs is 6. The number of aromatic amines is 1. The summed E-state index contributed by atoms with van der Waals surface area (Å²) in [5, 5.41) is 0.913. The lowest BCUT2D eigenvalue weighted by molar-refractivity contribution is -0.00964. The van der Waals surface area contributed by atoms with Gasteiger partial charge in [0.1, 0.15) is 11.5 Å². The fourth-order valence-corrected chi connectivity index (χ4v) is 5.07. The molecule has 5 rings (SSSR count). The van der Waals surface area contributed by atoms with Gasteiger partial charge in [-0.05, 0) is 62.1 Å². The molecular formula is C27H32N2O5. The van der Waals surface area contributed by atoms with E-state index in [2.05, 4.69) is 28.9 Å². The van der Waals surface area contributed by atoms with Crippen molar-refractivity contribution < 1.29 is 23.7 Å². The van der Waals surface area contributed by atoms with Crippen LogP contribution in [0.4, 0.5) is 4.79 Å². The van der Waals surface area contributed by atoms with Gasteiger partial charge in [0, 0.05) is 24.2 Å². The molecule has 0 aliphatic carbocycles. The lowest BCUT2D eigenvalue weighted by Crippen LogP contribution is -2.40. The zero-order valence-corrected chi connectivity index (χ0v) is 20.1. The zero-order valence-electron chi connectivity index (χ0n) is 20.1. The van der Waals surface area contributed by atoms with E-state index in [-0.39, 0.29) is 12.8 Å². The molecule has 0 fully saturated rings. The number of hydrogen-bond donors (Lipinski definition) is 1. The first-order chi connectivity index (χ1) is 16.6. The van der Waals surface area contributed by atoms with Crippen LogP contribution in [0, 0.1) is 0 Å². The van der Waals surface area contributed by atoms with E-state index in [1.54, 1.807) is 14.0 Å². The lowest BCUT2D eigenvalue weighted by atomic mass is 9.95. The number of carbonyl (C=O) groups excluding carboxylic acids is 1. The maximum Gasteiger partial charge on any atom is 0.513 e. The number of carbonyl (C=O) groups is 1. The van der Waals surface area contributed by atoms with Crippen LogP contribution in [0.5, 0.6) is 17.2 Å². The molecule has 1 unspecified atom stereocenters. The SMILES string of the molecule is CCCCCc1[nH]c2ccc3c(c2c1OC(=O)OCC)CN1CCc2cc(OC)ccc2C1O3. The average molecular weight is 465 g/mol. The smallest absolute Gasteiger partial charge is 0.497 e. The highest BCUT2D eigenvalue weighted by molar-refractivity contribution is 5.94. The number of unbranched alkanes of at least 4 members (excludes halogenated alkanes) is 2. The number of aryl methyl sites for hydroxylation is 1. The Morgan fingerprint density at radius 2 is 2.09 bits per heavy atom. The average Bonchev–Trinajstić information content (AvgIpc) is 3.20. The van der Waals surface area contributed by atoms with Crippen LogP contribution < -0.4 is 14.2 Å². The largest absolute Gasteiger partial charge is 0.513 e. The van der Waals surface area contributed by atoms with Crippen LogP contribution in [0.3, 0.4) is 0 Å². The normalized spacial score (nSPS) is 16.9. The number of aromatic nitrogens is 1. The number of benzene rings is 2. The lowest BCUT2D eigenvalue weighted by Gasteiger charge is -2.41. The summed E-state index contributed by atoms with van der Waals surface area (Å²) >= 11 is 0. The minimum absolute atomic E-state index is 0.142. The van der Waals surface area contributed by atoms with Gasteiger partial charge in [-0.2, -0.15) is 0 Å². The molecule has 7 heteroatoms. The second-order valence-electron chi connectivity index (χ2n) is 8.90. The maximum absolute atomic E-state index is 12.3. The Balaban J connectivity index is 1.54. The van der Waals surface area contributed by atoms with E-state index in [0.29, 0.717) is 12.3 Å². The molecule has 2 aliphatic rings. The van der Waals surface area contributed by atoms with Crippen molar-refractivity contribution in [3.05, 3.63) is 52.7 Å². The van der Waals surface area contributed by atoms with Gasteiger partial charge in [-0.3, -0.25) is 4.90 Å². The van der Waals surface area contributed by atoms with Gasteiger partial charge in [-0.25, -0.2) is 4.79 Å². The Morgan fingerprint density at radius 1 is 1.21 bits per heavy atom. The van der Waals surface area contributed by atoms with E-state index in [9.17, 15) is 4.79 Å². The van der Waals surface area contributed by atoms with Crippen LogP contribution in [-0.4, -0.2) is 36.3 Å². The molecule has 0 spiro atoms. The summed E-state index contributed by atoms with van der Waals surface area (Å²) in [6, 6.07) is 10.2. The molecule has 1 N–H and O–H groups in total. The molecule has 0 bridgehead atoms. The van der Waals surface area contributed by atoms with E-state index in [1.165, 1.54) is 11.1 Å². The molecule has 0 amide bonds. The predicted molar refractivity (Wildman–Crippen MR) is 130 cm³/mol. The third-order valence-corrected chi connectivity index (χ3v) is 6.75. The highest BCUT2D eigenvalue weighted by Gasteiger charge is 2.35. The Hall–Kier alpha value is -3.19. The topological polar surface area (TPSA) is 73.0 Å². The molecule has 2 aliphatic heterocycles. The molecule has 3 heterocycles. The highest BCUT2D eigenvalue weighted by atomic mass is 16.7. The van der Waals surface area contributed by atoms with E-state index >= 15 is 0 Å². The summed E-state index contributed by atoms with van der Waals surface area (Å²) in [7, 11) is 1.69. The monoisotopic (exact) mass is 464 g/mol. The second kappa shape index (κ2) is 9.58. The van der Waals surface area contributed by atoms with Gasteiger partial charge in [-0.1, -0.05) is 19.8 Å². The van der Waals surface area contributed by atoms with Gasteiger partial charge in [0.05, 0.1) is 30.3 Å². The van der Waals surface area contributed by atoms with Crippen molar-refractivity contribution >= 4 is 17.1 Å². The van der Waals surface area contributed by atoms with Crippen molar-refractivity contribution in [2.75, 3.05) is 20.3 Å². The summed E-state index contributed by atoms with van der Waals surface area (Å²) in [6.07, 6.45) is 4.20. The number of H-pyrrole nitrogens is 1. The van der Waals surface area contributed by atoms with E-state index in [0.717, 1.165) is 72.3 Å². The molecule has 0 radical (unpaired) electrons. The van der Waals surface area contributed by atoms with Gasteiger partial charge in [0.25, 0.3) is 0 Å². The minimum Gasteiger partial charge on any atom is -0.497 e. The number of nitrogens with one attached hydrogen (secondary N) is 1. The Bertz CT molecular complexity index is 1200. The van der Waals surface area contributed by atoms with Crippen molar-refractivity contribution in [1.82, 2.24) is 9.88 Å². The van der Waals surface area contributed by atoms with Crippen LogP contribution in [0.1, 0.15) is 61.7 Å². The Morgan fingerprint density at radius 3 is 2.88 bits per heavy atom. The van der Waals surface area contributed by atoms with Crippen molar-refractivity contribution in [3.8, 4) is 17.2 Å². The molecule has 0 saturated carbocycles. The number of methoxy groups -OCH3 is 1. The predicted octanol–water partition coefficient (Wildman–Crippen LogP) is 5.89. The zero-order chi connectivity index (χ0) is 23.7. The number of nitrogens with zero attached hydrogens (tertiary/aromatic N) is 1. The fourth-order valence-electron chi connectivity index (χ4n) is 5.07. The molecule has 7 nitrogen and oxygen atoms in total. The van der Waals surface area contributed by atoms with Gasteiger partial charge in [-0.15, -0.1) is 0 Å². The van der Waals surface area contributed by atoms with Crippen LogP contribution in [0.25, 0.3) is 10.9 Å². The third-order valence-electron chi connectivity index (χ3n) is 6.75. The van der Waals surface area contributed by atoms with Gasteiger partial charge in [0.15, 0.2) is 12.0 Å². The van der Waals surface area contributed by atoms with Gasteiger partial charge >= 0.3 is 6.16 Å². The third kappa shape index (κ3) is 4.09. The number of hydrogen-bond acceptors (Lipinski definition) is 6. The van der Waals surface area contributed by atoms with Crippen molar-refractivity contribution in [2.45, 2.75) is 58.7 Å². The van der Waals surface area contributed by atoms with Gasteiger partial charge in [0.2, 0.25) is 0 Å². The first-order valence-corrected chi connectivity index (χ1v) is 12.2. The Kier molecular flexibility index (Phi) is 6.37. The molecule has 2 aromatic carbocycles. The quantitative estimate of drug-likeness (QED) is 0.347. The second-order valence-corrected chi connectivity index (χ2v) is 8.90. The summed E-state index contributed by atoms with van der Waals surface area (Å²) in [4.78, 5) is 18.2. The number of ether oxygens (including phenoxy) is 4. The molecule has 180 valence electrons. The maximum atomic E-state index is 12.3. The molecule has 0 saturated heterocycles. The first-order valence-electron chi connectivity index (χ1n) is 12.2. The summed E-state index contributed by atoms with van der Waals surface area (Å²) in [6.45, 7) is 5.82. The summed E-state index contributed by atoms with van der Waals surface area (Å²) in [5.74, 6) is 2.27. The van der Waals surface area contributed by atoms with E-state index in [1.807, 2.05) is 18.2 Å². The van der Waals surface area contributed by atoms with Crippen LogP contribution >= 0.6 is 0 Å². The molecule has 3 aromatic rings. The fraction of sp³-hybridized carbons (Fsp3) is 0.444. The van der Waals surface area contributed by atoms with Gasteiger partial charge < -0.3 is 23.9 Å². The standard InChI is InChI=1S/C27H32N2O5/c1-4-6-7-8-22-25(34-27(30)32-5-2)24-20-16-29-14-13-17-15-18(31-3)9-10-19(17)26(29)33-23(20)12-11-21(24)28-22/h9-12,15,26,28H,4-8,13-14,16H2,1-3H3. The van der Waals surface area contributed by atoms with Crippen molar-refractivity contribution in [1.29, 1.82) is 0 Å². The van der Waals surface area contributed by atoms with Crippen LogP contribution in [-0.2, 0) is 24.1 Å². The van der Waals surface area contributed by atoms with Crippen LogP contribution in [0.2, 0.25) is 0 Å². The molecule has 34 heavy (non-hydrogen) atoms. The minimum atomic E-state index is -0.673. The highest BCUT2D eigenvalue weighted by Crippen LogP contribution is 2.45. The Labute approximate surface area is 199 Å². The molecule has 1 atom stereocenters. The van der Waals surface area contributed by atoms with E-state index in [4.69, 9.17) is 18.9 Å². The summed E-state index contributed by atoms with van der Waals surface area (Å²) in [5.41, 5.74) is 5.37. The van der Waals surface area contributed by atoms with Crippen LogP contribution in [0.15, 0.2) is 30.3 Å². The molecule has 1 aromatic heterocycles. The van der Waals surface area contributed by atoms with Crippen molar-refractivity contribution in [3.63, 3.8) is 0 Å². The van der Waals surface area contributed by atoms with E-state index < -0.39 is 6.16 Å². The molecular weight excluding hydrogens is 432 g/mol.